The van der Waals surface area contributed by atoms with Gasteiger partial charge in [0.25, 0.3) is 0 Å². The molecule has 3 rings (SSSR count). The number of carboxylic acids is 1. The molecule has 2 heterocycles. The standard InChI is InChI=1S/C17H18N4O3/c22-16(7-6-12-4-2-1-3-5-12)21-10-13(8-17(23)24)14(11-21)15-9-18-20-19-15/h1-7,9,13-14H,8,10-11H2,(H,23,24)(H,18,19,20). The van der Waals surface area contributed by atoms with Gasteiger partial charge in [-0.3, -0.25) is 9.59 Å². The summed E-state index contributed by atoms with van der Waals surface area (Å²) in [5, 5.41) is 19.5. The Kier molecular flexibility index (Phi) is 4.69. The smallest absolute Gasteiger partial charge is 0.303 e. The lowest BCUT2D eigenvalue weighted by Gasteiger charge is -2.13. The number of likely N-dealkylation sites (tertiary alicyclic amines) is 1. The second kappa shape index (κ2) is 7.08. The minimum Gasteiger partial charge on any atom is -0.481 e. The van der Waals surface area contributed by atoms with Crippen LogP contribution in [0.3, 0.4) is 0 Å². The first-order valence-corrected chi connectivity index (χ1v) is 7.73. The van der Waals surface area contributed by atoms with E-state index in [1.807, 2.05) is 30.3 Å². The molecule has 1 saturated heterocycles. The summed E-state index contributed by atoms with van der Waals surface area (Å²) >= 11 is 0. The van der Waals surface area contributed by atoms with Crippen molar-refractivity contribution in [3.63, 3.8) is 0 Å². The minimum atomic E-state index is -0.873. The monoisotopic (exact) mass is 326 g/mol. The van der Waals surface area contributed by atoms with Crippen LogP contribution in [0.25, 0.3) is 6.08 Å². The second-order valence-electron chi connectivity index (χ2n) is 5.85. The molecule has 24 heavy (non-hydrogen) atoms. The maximum Gasteiger partial charge on any atom is 0.303 e. The maximum absolute atomic E-state index is 12.4. The van der Waals surface area contributed by atoms with Gasteiger partial charge in [0.05, 0.1) is 18.3 Å². The Morgan fingerprint density at radius 3 is 2.75 bits per heavy atom. The molecular weight excluding hydrogens is 308 g/mol. The molecule has 1 amide bonds. The molecule has 2 atom stereocenters. The Bertz CT molecular complexity index is 728. The van der Waals surface area contributed by atoms with Crippen LogP contribution in [0.1, 0.15) is 23.6 Å². The molecule has 7 heteroatoms. The molecule has 0 saturated carbocycles. The number of hydrogen-bond acceptors (Lipinski definition) is 4. The van der Waals surface area contributed by atoms with Crippen molar-refractivity contribution in [2.24, 2.45) is 5.92 Å². The Morgan fingerprint density at radius 2 is 2.08 bits per heavy atom. The van der Waals surface area contributed by atoms with Crippen LogP contribution >= 0.6 is 0 Å². The molecule has 0 aliphatic carbocycles. The Labute approximate surface area is 139 Å². The van der Waals surface area contributed by atoms with Gasteiger partial charge in [0.15, 0.2) is 0 Å². The van der Waals surface area contributed by atoms with Crippen LogP contribution in [0.4, 0.5) is 0 Å². The van der Waals surface area contributed by atoms with E-state index in [2.05, 4.69) is 15.4 Å². The van der Waals surface area contributed by atoms with Gasteiger partial charge in [-0.25, -0.2) is 0 Å². The van der Waals surface area contributed by atoms with Crippen molar-refractivity contribution >= 4 is 18.0 Å². The number of aromatic nitrogens is 3. The van der Waals surface area contributed by atoms with Crippen molar-refractivity contribution in [3.05, 3.63) is 53.9 Å². The number of nitrogens with zero attached hydrogens (tertiary/aromatic N) is 3. The SMILES string of the molecule is O=C(O)CC1CN(C(=O)C=Cc2ccccc2)CC1c1cn[nH]n1. The van der Waals surface area contributed by atoms with Gasteiger partial charge in [0.2, 0.25) is 5.91 Å². The van der Waals surface area contributed by atoms with Gasteiger partial charge in [-0.15, -0.1) is 0 Å². The molecule has 1 aliphatic heterocycles. The molecule has 2 aromatic rings. The number of carboxylic acid groups (broad SMARTS) is 1. The van der Waals surface area contributed by atoms with Crippen molar-refractivity contribution in [2.75, 3.05) is 13.1 Å². The Hall–Kier alpha value is -2.96. The number of nitrogens with one attached hydrogen (secondary N) is 1. The predicted molar refractivity (Wildman–Crippen MR) is 86.9 cm³/mol. The van der Waals surface area contributed by atoms with Crippen molar-refractivity contribution in [1.82, 2.24) is 20.3 Å². The Balaban J connectivity index is 1.71. The van der Waals surface area contributed by atoms with E-state index in [0.29, 0.717) is 18.8 Å². The maximum atomic E-state index is 12.4. The molecule has 1 aromatic carbocycles. The highest BCUT2D eigenvalue weighted by Crippen LogP contribution is 2.33. The predicted octanol–water partition coefficient (Wildman–Crippen LogP) is 1.53. The van der Waals surface area contributed by atoms with Crippen LogP contribution in [0, 0.1) is 5.92 Å². The van der Waals surface area contributed by atoms with Crippen LogP contribution in [0.2, 0.25) is 0 Å². The van der Waals surface area contributed by atoms with Gasteiger partial charge in [-0.05, 0) is 17.6 Å². The Morgan fingerprint density at radius 1 is 1.29 bits per heavy atom. The normalized spacial score (nSPS) is 20.6. The van der Waals surface area contributed by atoms with Crippen molar-refractivity contribution in [2.45, 2.75) is 12.3 Å². The summed E-state index contributed by atoms with van der Waals surface area (Å²) in [6.45, 7) is 0.851. The van der Waals surface area contributed by atoms with E-state index in [1.54, 1.807) is 17.2 Å². The van der Waals surface area contributed by atoms with Crippen molar-refractivity contribution < 1.29 is 14.7 Å². The quantitative estimate of drug-likeness (QED) is 0.812. The fourth-order valence-electron chi connectivity index (χ4n) is 3.04. The van der Waals surface area contributed by atoms with E-state index < -0.39 is 5.97 Å². The third-order valence-electron chi connectivity index (χ3n) is 4.22. The fourth-order valence-corrected chi connectivity index (χ4v) is 3.04. The topological polar surface area (TPSA) is 99.2 Å². The number of carbonyl (C=O) groups is 2. The van der Waals surface area contributed by atoms with Gasteiger partial charge in [0.1, 0.15) is 0 Å². The van der Waals surface area contributed by atoms with Crippen LogP contribution in [0.5, 0.6) is 0 Å². The molecule has 0 bridgehead atoms. The number of rotatable bonds is 5. The summed E-state index contributed by atoms with van der Waals surface area (Å²) in [4.78, 5) is 25.2. The summed E-state index contributed by atoms with van der Waals surface area (Å²) in [6.07, 6.45) is 4.88. The third kappa shape index (κ3) is 3.68. The van der Waals surface area contributed by atoms with E-state index in [-0.39, 0.29) is 24.2 Å². The van der Waals surface area contributed by atoms with Crippen LogP contribution < -0.4 is 0 Å². The van der Waals surface area contributed by atoms with Crippen molar-refractivity contribution in [3.8, 4) is 0 Å². The highest BCUT2D eigenvalue weighted by atomic mass is 16.4. The zero-order valence-electron chi connectivity index (χ0n) is 13.0. The van der Waals surface area contributed by atoms with E-state index in [4.69, 9.17) is 5.11 Å². The van der Waals surface area contributed by atoms with Crippen LogP contribution in [0.15, 0.2) is 42.6 Å². The summed E-state index contributed by atoms with van der Waals surface area (Å²) in [5.74, 6) is -1.28. The molecule has 1 aromatic heterocycles. The zero-order chi connectivity index (χ0) is 16.9. The molecule has 1 aliphatic rings. The minimum absolute atomic E-state index is 0.00368. The van der Waals surface area contributed by atoms with Crippen LogP contribution in [-0.4, -0.2) is 50.4 Å². The van der Waals surface area contributed by atoms with Gasteiger partial charge < -0.3 is 10.0 Å². The molecule has 0 radical (unpaired) electrons. The average Bonchev–Trinajstić information content (AvgIpc) is 3.22. The lowest BCUT2D eigenvalue weighted by atomic mass is 9.91. The molecule has 124 valence electrons. The lowest BCUT2D eigenvalue weighted by molar-refractivity contribution is -0.138. The van der Waals surface area contributed by atoms with Crippen LogP contribution in [-0.2, 0) is 9.59 Å². The average molecular weight is 326 g/mol. The number of benzene rings is 1. The summed E-state index contributed by atoms with van der Waals surface area (Å²) in [6, 6.07) is 9.56. The molecule has 7 nitrogen and oxygen atoms in total. The van der Waals surface area contributed by atoms with E-state index in [0.717, 1.165) is 5.56 Å². The van der Waals surface area contributed by atoms with Gasteiger partial charge in [-0.2, -0.15) is 15.4 Å². The first-order valence-electron chi connectivity index (χ1n) is 7.73. The molecule has 2 N–H and O–H groups in total. The molecule has 0 spiro atoms. The summed E-state index contributed by atoms with van der Waals surface area (Å²) < 4.78 is 0. The van der Waals surface area contributed by atoms with Gasteiger partial charge in [-0.1, -0.05) is 30.3 Å². The van der Waals surface area contributed by atoms with E-state index >= 15 is 0 Å². The zero-order valence-corrected chi connectivity index (χ0v) is 13.0. The van der Waals surface area contributed by atoms with E-state index in [1.165, 1.54) is 6.08 Å². The first-order chi connectivity index (χ1) is 11.6. The number of hydrogen-bond donors (Lipinski definition) is 2. The number of amides is 1. The third-order valence-corrected chi connectivity index (χ3v) is 4.22. The van der Waals surface area contributed by atoms with Gasteiger partial charge in [0, 0.05) is 25.1 Å². The second-order valence-corrected chi connectivity index (χ2v) is 5.85. The summed E-state index contributed by atoms with van der Waals surface area (Å²) in [7, 11) is 0. The number of carbonyl (C=O) groups excluding carboxylic acids is 1. The van der Waals surface area contributed by atoms with Gasteiger partial charge >= 0.3 is 5.97 Å². The highest BCUT2D eigenvalue weighted by Gasteiger charge is 2.38. The fraction of sp³-hybridized carbons (Fsp3) is 0.294. The number of aliphatic carboxylic acids is 1. The number of H-pyrrole nitrogens is 1. The summed E-state index contributed by atoms with van der Waals surface area (Å²) in [5.41, 5.74) is 1.64. The molecule has 1 fully saturated rings. The largest absolute Gasteiger partial charge is 0.481 e. The molecule has 2 unspecified atom stereocenters. The van der Waals surface area contributed by atoms with E-state index in [9.17, 15) is 9.59 Å². The first kappa shape index (κ1) is 15.9. The van der Waals surface area contributed by atoms with Crippen molar-refractivity contribution in [1.29, 1.82) is 0 Å². The molecular formula is C17H18N4O3. The lowest BCUT2D eigenvalue weighted by Crippen LogP contribution is -2.27. The highest BCUT2D eigenvalue weighted by molar-refractivity contribution is 5.92. The number of aromatic amines is 1.